The largest absolute Gasteiger partial charge is 0.464 e. The van der Waals surface area contributed by atoms with Crippen LogP contribution in [0.5, 0.6) is 23.0 Å². The molecule has 0 fully saturated rings. The van der Waals surface area contributed by atoms with Gasteiger partial charge in [0.1, 0.15) is 11.5 Å². The highest BCUT2D eigenvalue weighted by Gasteiger charge is 2.08. The molecule has 0 aliphatic carbocycles. The predicted octanol–water partition coefficient (Wildman–Crippen LogP) is 5.34. The van der Waals surface area contributed by atoms with Gasteiger partial charge in [0, 0.05) is 19.8 Å². The number of methoxy groups -OCH3 is 2. The molecule has 0 saturated heterocycles. The van der Waals surface area contributed by atoms with E-state index in [1.165, 1.54) is 20.3 Å². The predicted molar refractivity (Wildman–Crippen MR) is 118 cm³/mol. The molecule has 0 heterocycles. The number of carbonyl (C=O) groups excluding carboxylic acids is 1. The molecular formula is C25H24O6. The van der Waals surface area contributed by atoms with Crippen LogP contribution in [-0.4, -0.2) is 33.6 Å². The fourth-order valence-electron chi connectivity index (χ4n) is 2.71. The minimum atomic E-state index is -0.141. The van der Waals surface area contributed by atoms with E-state index in [2.05, 4.69) is 0 Å². The summed E-state index contributed by atoms with van der Waals surface area (Å²) < 4.78 is 26.7. The van der Waals surface area contributed by atoms with Gasteiger partial charge in [-0.2, -0.15) is 0 Å². The number of ether oxygens (including phenoxy) is 5. The Morgan fingerprint density at radius 2 is 1.48 bits per heavy atom. The molecule has 3 aromatic carbocycles. The van der Waals surface area contributed by atoms with Gasteiger partial charge in [-0.1, -0.05) is 42.5 Å². The average Bonchev–Trinajstić information content (AvgIpc) is 2.81. The zero-order valence-corrected chi connectivity index (χ0v) is 17.4. The summed E-state index contributed by atoms with van der Waals surface area (Å²) in [5, 5.41) is 0. The summed E-state index contributed by atoms with van der Waals surface area (Å²) in [6, 6.07) is 21.8. The lowest BCUT2D eigenvalue weighted by molar-refractivity contribution is 0.0322. The summed E-state index contributed by atoms with van der Waals surface area (Å²) in [5.74, 6) is 2.18. The van der Waals surface area contributed by atoms with Gasteiger partial charge in [0.15, 0.2) is 30.9 Å². The number of para-hydroxylation sites is 1. The maximum Gasteiger partial charge on any atom is 0.188 e. The first-order chi connectivity index (χ1) is 15.2. The zero-order chi connectivity index (χ0) is 21.9. The minimum absolute atomic E-state index is 0.0731. The topological polar surface area (TPSA) is 63.2 Å². The second-order valence-corrected chi connectivity index (χ2v) is 6.45. The monoisotopic (exact) mass is 420 g/mol. The smallest absolute Gasteiger partial charge is 0.188 e. The van der Waals surface area contributed by atoms with Crippen LogP contribution in [0.3, 0.4) is 0 Å². The van der Waals surface area contributed by atoms with Crippen molar-refractivity contribution in [2.45, 2.75) is 0 Å². The van der Waals surface area contributed by atoms with Crippen molar-refractivity contribution in [3.8, 4) is 23.0 Å². The first-order valence-corrected chi connectivity index (χ1v) is 9.62. The summed E-state index contributed by atoms with van der Waals surface area (Å²) in [4.78, 5) is 12.7. The molecule has 6 nitrogen and oxygen atoms in total. The highest BCUT2D eigenvalue weighted by atomic mass is 16.7. The van der Waals surface area contributed by atoms with Gasteiger partial charge in [0.05, 0.1) is 0 Å². The highest BCUT2D eigenvalue weighted by molar-refractivity contribution is 6.07. The molecular weight excluding hydrogens is 396 g/mol. The van der Waals surface area contributed by atoms with Gasteiger partial charge in [-0.3, -0.25) is 4.79 Å². The van der Waals surface area contributed by atoms with Crippen molar-refractivity contribution >= 4 is 11.9 Å². The van der Waals surface area contributed by atoms with Crippen molar-refractivity contribution < 1.29 is 28.5 Å². The minimum Gasteiger partial charge on any atom is -0.464 e. The fourth-order valence-corrected chi connectivity index (χ4v) is 2.71. The van der Waals surface area contributed by atoms with Crippen LogP contribution in [0.1, 0.15) is 15.9 Å². The second kappa shape index (κ2) is 11.5. The van der Waals surface area contributed by atoms with Crippen LogP contribution in [0.2, 0.25) is 0 Å². The Morgan fingerprint density at radius 3 is 2.23 bits per heavy atom. The third kappa shape index (κ3) is 6.70. The molecule has 0 atom stereocenters. The fraction of sp³-hybridized carbons (Fsp3) is 0.160. The molecule has 0 saturated carbocycles. The third-order valence-corrected chi connectivity index (χ3v) is 4.16. The van der Waals surface area contributed by atoms with Gasteiger partial charge < -0.3 is 23.7 Å². The first-order valence-electron chi connectivity index (χ1n) is 9.62. The van der Waals surface area contributed by atoms with Gasteiger partial charge in [-0.15, -0.1) is 0 Å². The molecule has 0 aliphatic rings. The first kappa shape index (κ1) is 22.1. The van der Waals surface area contributed by atoms with Crippen molar-refractivity contribution in [1.82, 2.24) is 0 Å². The summed E-state index contributed by atoms with van der Waals surface area (Å²) >= 11 is 0. The Hall–Kier alpha value is -3.61. The zero-order valence-electron chi connectivity index (χ0n) is 17.4. The number of ketones is 1. The van der Waals surface area contributed by atoms with Gasteiger partial charge >= 0.3 is 0 Å². The number of benzene rings is 3. The van der Waals surface area contributed by atoms with Gasteiger partial charge in [0.2, 0.25) is 0 Å². The van der Waals surface area contributed by atoms with Crippen molar-refractivity contribution in [3.05, 3.63) is 90.0 Å². The lowest BCUT2D eigenvalue weighted by Gasteiger charge is -2.12. The maximum atomic E-state index is 12.7. The SMILES string of the molecule is COCOc1ccc(C=CC(=O)c2cccc(Oc3ccccc3)c2)cc1OCOC. The third-order valence-electron chi connectivity index (χ3n) is 4.16. The van der Waals surface area contributed by atoms with E-state index in [9.17, 15) is 4.79 Å². The number of allylic oxidation sites excluding steroid dienone is 1. The molecule has 31 heavy (non-hydrogen) atoms. The highest BCUT2D eigenvalue weighted by Crippen LogP contribution is 2.29. The molecule has 0 unspecified atom stereocenters. The summed E-state index contributed by atoms with van der Waals surface area (Å²) in [6.07, 6.45) is 3.22. The van der Waals surface area contributed by atoms with Crippen LogP contribution in [0, 0.1) is 0 Å². The van der Waals surface area contributed by atoms with E-state index < -0.39 is 0 Å². The van der Waals surface area contributed by atoms with Crippen molar-refractivity contribution in [2.24, 2.45) is 0 Å². The number of rotatable bonds is 11. The van der Waals surface area contributed by atoms with E-state index in [1.54, 1.807) is 36.4 Å². The van der Waals surface area contributed by atoms with Crippen molar-refractivity contribution in [2.75, 3.05) is 27.8 Å². The Bertz CT molecular complexity index is 1010. The Kier molecular flexibility index (Phi) is 8.22. The molecule has 0 aromatic heterocycles. The summed E-state index contributed by atoms with van der Waals surface area (Å²) in [7, 11) is 3.08. The van der Waals surface area contributed by atoms with Crippen molar-refractivity contribution in [1.29, 1.82) is 0 Å². The van der Waals surface area contributed by atoms with E-state index in [-0.39, 0.29) is 19.4 Å². The van der Waals surface area contributed by atoms with Gasteiger partial charge in [-0.05, 0) is 48.0 Å². The molecule has 3 rings (SSSR count). The quantitative estimate of drug-likeness (QED) is 0.237. The van der Waals surface area contributed by atoms with Gasteiger partial charge in [-0.25, -0.2) is 0 Å². The van der Waals surface area contributed by atoms with Crippen LogP contribution in [0.15, 0.2) is 78.9 Å². The maximum absolute atomic E-state index is 12.7. The molecule has 0 bridgehead atoms. The normalized spacial score (nSPS) is 10.8. The van der Waals surface area contributed by atoms with Crippen LogP contribution >= 0.6 is 0 Å². The molecule has 0 spiro atoms. The average molecular weight is 420 g/mol. The van der Waals surface area contributed by atoms with Crippen LogP contribution in [0.4, 0.5) is 0 Å². The van der Waals surface area contributed by atoms with Crippen LogP contribution in [-0.2, 0) is 9.47 Å². The van der Waals surface area contributed by atoms with E-state index in [4.69, 9.17) is 23.7 Å². The lowest BCUT2D eigenvalue weighted by Crippen LogP contribution is -2.04. The summed E-state index contributed by atoms with van der Waals surface area (Å²) in [6.45, 7) is 0.169. The van der Waals surface area contributed by atoms with E-state index >= 15 is 0 Å². The molecule has 0 radical (unpaired) electrons. The van der Waals surface area contributed by atoms with E-state index in [0.717, 1.165) is 5.56 Å². The molecule has 0 aliphatic heterocycles. The number of hydrogen-bond donors (Lipinski definition) is 0. The van der Waals surface area contributed by atoms with Gasteiger partial charge in [0.25, 0.3) is 0 Å². The van der Waals surface area contributed by atoms with E-state index in [1.807, 2.05) is 42.5 Å². The summed E-state index contributed by atoms with van der Waals surface area (Å²) in [5.41, 5.74) is 1.31. The van der Waals surface area contributed by atoms with Crippen LogP contribution in [0.25, 0.3) is 6.08 Å². The molecule has 0 N–H and O–H groups in total. The van der Waals surface area contributed by atoms with E-state index in [0.29, 0.717) is 28.6 Å². The second-order valence-electron chi connectivity index (χ2n) is 6.45. The number of carbonyl (C=O) groups is 1. The van der Waals surface area contributed by atoms with Crippen LogP contribution < -0.4 is 14.2 Å². The Labute approximate surface area is 181 Å². The molecule has 160 valence electrons. The molecule has 3 aromatic rings. The standard InChI is InChI=1S/C25H24O6/c1-27-17-29-24-14-12-19(15-25(24)30-18-28-2)11-13-23(26)20-7-6-10-22(16-20)31-21-8-4-3-5-9-21/h3-16H,17-18H2,1-2H3. The Morgan fingerprint density at radius 1 is 0.774 bits per heavy atom. The Balaban J connectivity index is 1.72. The van der Waals surface area contributed by atoms with Crippen molar-refractivity contribution in [3.63, 3.8) is 0 Å². The molecule has 0 amide bonds. The molecule has 6 heteroatoms. The number of hydrogen-bond acceptors (Lipinski definition) is 6. The lowest BCUT2D eigenvalue weighted by atomic mass is 10.1.